The Labute approximate surface area is 138 Å². The first-order chi connectivity index (χ1) is 9.04. The number of nitrogens with one attached hydrogen (secondary N) is 1. The molecule has 0 spiro atoms. The van der Waals surface area contributed by atoms with E-state index >= 15 is 0 Å². The van der Waals surface area contributed by atoms with Crippen molar-refractivity contribution in [3.63, 3.8) is 0 Å². The fraction of sp³-hybridized carbons (Fsp3) is 0.833. The Morgan fingerprint density at radius 2 is 1.81 bits per heavy atom. The summed E-state index contributed by atoms with van der Waals surface area (Å²) >= 11 is 0. The minimum absolute atomic E-state index is 0. The molecule has 0 aromatic heterocycles. The van der Waals surface area contributed by atoms with E-state index in [1.807, 2.05) is 4.90 Å². The number of hydrogen-bond acceptors (Lipinski definition) is 5. The van der Waals surface area contributed by atoms with Gasteiger partial charge in [-0.2, -0.15) is 0 Å². The molecule has 0 aromatic carbocycles. The Balaban J connectivity index is 0. The average molecular weight is 345 g/mol. The van der Waals surface area contributed by atoms with Crippen molar-refractivity contribution in [1.82, 2.24) is 15.1 Å². The predicted molar refractivity (Wildman–Crippen MR) is 86.1 cm³/mol. The van der Waals surface area contributed by atoms with Crippen molar-refractivity contribution < 1.29 is 14.3 Å². The number of nitrogens with zero attached hydrogens (tertiary/aromatic N) is 2. The third-order valence-electron chi connectivity index (χ3n) is 3.07. The molecule has 0 saturated carbocycles. The summed E-state index contributed by atoms with van der Waals surface area (Å²) in [5.74, 6) is -0.0341. The van der Waals surface area contributed by atoms with Crippen molar-refractivity contribution in [2.24, 2.45) is 5.73 Å². The van der Waals surface area contributed by atoms with Crippen molar-refractivity contribution in [2.75, 3.05) is 53.0 Å². The maximum Gasteiger partial charge on any atom is 0.239 e. The van der Waals surface area contributed by atoms with E-state index in [4.69, 9.17) is 10.5 Å². The number of hydrogen-bond donors (Lipinski definition) is 2. The van der Waals surface area contributed by atoms with Gasteiger partial charge in [-0.3, -0.25) is 14.5 Å². The molecule has 21 heavy (non-hydrogen) atoms. The van der Waals surface area contributed by atoms with Crippen LogP contribution in [0.15, 0.2) is 0 Å². The van der Waals surface area contributed by atoms with Crippen LogP contribution in [0.25, 0.3) is 0 Å². The van der Waals surface area contributed by atoms with Gasteiger partial charge in [0.05, 0.1) is 19.2 Å². The van der Waals surface area contributed by atoms with Gasteiger partial charge in [-0.1, -0.05) is 0 Å². The predicted octanol–water partition coefficient (Wildman–Crippen LogP) is -0.916. The van der Waals surface area contributed by atoms with Gasteiger partial charge in [0.25, 0.3) is 0 Å². The molecule has 1 aliphatic heterocycles. The van der Waals surface area contributed by atoms with Crippen molar-refractivity contribution in [1.29, 1.82) is 0 Å². The van der Waals surface area contributed by atoms with Crippen LogP contribution in [0.2, 0.25) is 0 Å². The molecule has 1 atom stereocenters. The second kappa shape index (κ2) is 12.0. The summed E-state index contributed by atoms with van der Waals surface area (Å²) in [6.07, 6.45) is 0. The highest BCUT2D eigenvalue weighted by Crippen LogP contribution is 2.03. The van der Waals surface area contributed by atoms with E-state index in [9.17, 15) is 9.59 Å². The zero-order chi connectivity index (χ0) is 14.3. The molecule has 1 heterocycles. The highest BCUT2D eigenvalue weighted by Gasteiger charge is 2.23. The minimum atomic E-state index is -0.455. The van der Waals surface area contributed by atoms with E-state index in [1.165, 1.54) is 0 Å². The molecule has 1 saturated heterocycles. The summed E-state index contributed by atoms with van der Waals surface area (Å²) < 4.78 is 4.86. The molecule has 1 unspecified atom stereocenters. The topological polar surface area (TPSA) is 87.9 Å². The first-order valence-electron chi connectivity index (χ1n) is 6.57. The lowest BCUT2D eigenvalue weighted by atomic mass is 10.2. The SMILES string of the molecule is COCCNC(=O)CN1CCN(C(=O)C(C)N)CC1.Cl.Cl. The fourth-order valence-corrected chi connectivity index (χ4v) is 1.97. The number of nitrogens with two attached hydrogens (primary N) is 1. The van der Waals surface area contributed by atoms with Crippen molar-refractivity contribution in [3.8, 4) is 0 Å². The van der Waals surface area contributed by atoms with Crippen LogP contribution in [0.5, 0.6) is 0 Å². The monoisotopic (exact) mass is 344 g/mol. The average Bonchev–Trinajstić information content (AvgIpc) is 2.39. The molecular formula is C12H26Cl2N4O3. The molecule has 7 nitrogen and oxygen atoms in total. The molecule has 1 aliphatic rings. The van der Waals surface area contributed by atoms with Gasteiger partial charge in [-0.25, -0.2) is 0 Å². The number of piperazine rings is 1. The summed E-state index contributed by atoms with van der Waals surface area (Å²) in [6.45, 7) is 5.77. The first kappa shape index (κ1) is 22.7. The molecule has 0 aromatic rings. The van der Waals surface area contributed by atoms with Gasteiger partial charge in [0.15, 0.2) is 0 Å². The Hall–Kier alpha value is -0.600. The lowest BCUT2D eigenvalue weighted by Crippen LogP contribution is -2.54. The highest BCUT2D eigenvalue weighted by atomic mass is 35.5. The third kappa shape index (κ3) is 8.43. The van der Waals surface area contributed by atoms with Gasteiger partial charge in [0.1, 0.15) is 0 Å². The Morgan fingerprint density at radius 1 is 1.24 bits per heavy atom. The highest BCUT2D eigenvalue weighted by molar-refractivity contribution is 5.85. The van der Waals surface area contributed by atoms with Crippen molar-refractivity contribution >= 4 is 36.6 Å². The maximum atomic E-state index is 11.7. The van der Waals surface area contributed by atoms with Gasteiger partial charge < -0.3 is 20.7 Å². The molecule has 2 amide bonds. The Bertz CT molecular complexity index is 311. The molecule has 3 N–H and O–H groups in total. The van der Waals surface area contributed by atoms with Gasteiger partial charge in [-0.15, -0.1) is 24.8 Å². The second-order valence-electron chi connectivity index (χ2n) is 4.73. The van der Waals surface area contributed by atoms with Crippen LogP contribution >= 0.6 is 24.8 Å². The second-order valence-corrected chi connectivity index (χ2v) is 4.73. The zero-order valence-corrected chi connectivity index (χ0v) is 14.2. The van der Waals surface area contributed by atoms with Crippen LogP contribution in [-0.4, -0.2) is 80.6 Å². The van der Waals surface area contributed by atoms with Crippen LogP contribution in [0, 0.1) is 0 Å². The molecular weight excluding hydrogens is 319 g/mol. The van der Waals surface area contributed by atoms with Crippen molar-refractivity contribution in [2.45, 2.75) is 13.0 Å². The number of methoxy groups -OCH3 is 1. The summed E-state index contributed by atoms with van der Waals surface area (Å²) in [7, 11) is 1.60. The standard InChI is InChI=1S/C12H24N4O3.2ClH/c1-10(13)12(18)16-6-4-15(5-7-16)9-11(17)14-3-8-19-2;;/h10H,3-9,13H2,1-2H3,(H,14,17);2*1H. The van der Waals surface area contributed by atoms with Crippen LogP contribution in [-0.2, 0) is 14.3 Å². The van der Waals surface area contributed by atoms with Crippen LogP contribution < -0.4 is 11.1 Å². The zero-order valence-electron chi connectivity index (χ0n) is 12.5. The van der Waals surface area contributed by atoms with E-state index in [0.29, 0.717) is 45.9 Å². The number of rotatable bonds is 6. The van der Waals surface area contributed by atoms with E-state index in [1.54, 1.807) is 18.9 Å². The van der Waals surface area contributed by atoms with Gasteiger partial charge in [0.2, 0.25) is 11.8 Å². The number of carbonyl (C=O) groups is 2. The molecule has 0 radical (unpaired) electrons. The smallest absolute Gasteiger partial charge is 0.239 e. The van der Waals surface area contributed by atoms with Crippen LogP contribution in [0.1, 0.15) is 6.92 Å². The van der Waals surface area contributed by atoms with E-state index in [0.717, 1.165) is 0 Å². The molecule has 1 rings (SSSR count). The molecule has 0 aliphatic carbocycles. The lowest BCUT2D eigenvalue weighted by molar-refractivity contribution is -0.134. The summed E-state index contributed by atoms with van der Waals surface area (Å²) in [5, 5.41) is 2.78. The van der Waals surface area contributed by atoms with Gasteiger partial charge >= 0.3 is 0 Å². The van der Waals surface area contributed by atoms with Crippen LogP contribution in [0.4, 0.5) is 0 Å². The maximum absolute atomic E-state index is 11.7. The van der Waals surface area contributed by atoms with E-state index < -0.39 is 6.04 Å². The Morgan fingerprint density at radius 3 is 2.29 bits per heavy atom. The first-order valence-corrected chi connectivity index (χ1v) is 6.57. The molecule has 1 fully saturated rings. The molecule has 9 heteroatoms. The number of carbonyl (C=O) groups excluding carboxylic acids is 2. The normalized spacial score (nSPS) is 16.4. The third-order valence-corrected chi connectivity index (χ3v) is 3.07. The summed E-state index contributed by atoms with van der Waals surface area (Å²) in [4.78, 5) is 27.1. The summed E-state index contributed by atoms with van der Waals surface area (Å²) in [5.41, 5.74) is 5.57. The Kier molecular flexibility index (Phi) is 13.0. The van der Waals surface area contributed by atoms with E-state index in [-0.39, 0.29) is 36.6 Å². The molecule has 0 bridgehead atoms. The van der Waals surface area contributed by atoms with Gasteiger partial charge in [0, 0.05) is 39.8 Å². The number of halogens is 2. The lowest BCUT2D eigenvalue weighted by Gasteiger charge is -2.35. The van der Waals surface area contributed by atoms with Gasteiger partial charge in [-0.05, 0) is 6.92 Å². The van der Waals surface area contributed by atoms with Crippen LogP contribution in [0.3, 0.4) is 0 Å². The minimum Gasteiger partial charge on any atom is -0.383 e. The fourth-order valence-electron chi connectivity index (χ4n) is 1.97. The number of amides is 2. The quantitative estimate of drug-likeness (QED) is 0.608. The largest absolute Gasteiger partial charge is 0.383 e. The summed E-state index contributed by atoms with van der Waals surface area (Å²) in [6, 6.07) is -0.455. The number of ether oxygens (including phenoxy) is 1. The molecule has 126 valence electrons. The van der Waals surface area contributed by atoms with Crippen molar-refractivity contribution in [3.05, 3.63) is 0 Å². The van der Waals surface area contributed by atoms with E-state index in [2.05, 4.69) is 5.32 Å².